The molecule has 0 radical (unpaired) electrons. The SMILES string of the molecule is C=C1CCC(OCS(C)(=O)=O)CC1. The first-order valence-electron chi connectivity index (χ1n) is 4.43. The van der Waals surface area contributed by atoms with Crippen LogP contribution in [-0.4, -0.2) is 26.7 Å². The maximum Gasteiger partial charge on any atom is 0.171 e. The third kappa shape index (κ3) is 4.43. The summed E-state index contributed by atoms with van der Waals surface area (Å²) >= 11 is 0. The highest BCUT2D eigenvalue weighted by atomic mass is 32.2. The van der Waals surface area contributed by atoms with E-state index in [1.165, 1.54) is 11.8 Å². The largest absolute Gasteiger partial charge is 0.362 e. The molecule has 0 bridgehead atoms. The number of ether oxygens (including phenoxy) is 1. The van der Waals surface area contributed by atoms with Crippen LogP contribution >= 0.6 is 0 Å². The van der Waals surface area contributed by atoms with E-state index in [9.17, 15) is 8.42 Å². The zero-order chi connectivity index (χ0) is 9.90. The van der Waals surface area contributed by atoms with Crippen LogP contribution in [0, 0.1) is 0 Å². The Labute approximate surface area is 79.7 Å². The minimum Gasteiger partial charge on any atom is -0.362 e. The Hall–Kier alpha value is -0.350. The van der Waals surface area contributed by atoms with Crippen molar-refractivity contribution in [3.05, 3.63) is 12.2 Å². The minimum atomic E-state index is -2.98. The quantitative estimate of drug-likeness (QED) is 0.654. The van der Waals surface area contributed by atoms with Gasteiger partial charge in [-0.3, -0.25) is 0 Å². The Morgan fingerprint density at radius 1 is 1.46 bits per heavy atom. The van der Waals surface area contributed by atoms with Crippen LogP contribution in [0.1, 0.15) is 25.7 Å². The molecular formula is C9H16O3S. The molecule has 1 aliphatic rings. The van der Waals surface area contributed by atoms with Gasteiger partial charge in [-0.15, -0.1) is 0 Å². The molecule has 1 rings (SSSR count). The van der Waals surface area contributed by atoms with Crippen molar-refractivity contribution >= 4 is 9.84 Å². The smallest absolute Gasteiger partial charge is 0.171 e. The highest BCUT2D eigenvalue weighted by Gasteiger charge is 2.17. The topological polar surface area (TPSA) is 43.4 Å². The van der Waals surface area contributed by atoms with Gasteiger partial charge >= 0.3 is 0 Å². The van der Waals surface area contributed by atoms with E-state index in [1.807, 2.05) is 0 Å². The van der Waals surface area contributed by atoms with E-state index in [0.717, 1.165) is 25.7 Å². The number of sulfone groups is 1. The molecule has 0 saturated heterocycles. The fourth-order valence-corrected chi connectivity index (χ4v) is 1.83. The average molecular weight is 204 g/mol. The van der Waals surface area contributed by atoms with Crippen LogP contribution in [0.4, 0.5) is 0 Å². The molecule has 1 fully saturated rings. The summed E-state index contributed by atoms with van der Waals surface area (Å²) in [7, 11) is -2.98. The molecule has 0 atom stereocenters. The van der Waals surface area contributed by atoms with E-state index >= 15 is 0 Å². The van der Waals surface area contributed by atoms with E-state index in [0.29, 0.717) is 0 Å². The van der Waals surface area contributed by atoms with Crippen molar-refractivity contribution in [2.45, 2.75) is 31.8 Å². The van der Waals surface area contributed by atoms with Crippen molar-refractivity contribution in [1.29, 1.82) is 0 Å². The second-order valence-corrected chi connectivity index (χ2v) is 5.75. The summed E-state index contributed by atoms with van der Waals surface area (Å²) in [6.07, 6.45) is 5.06. The molecule has 0 N–H and O–H groups in total. The van der Waals surface area contributed by atoms with Gasteiger partial charge in [-0.05, 0) is 25.7 Å². The first-order valence-corrected chi connectivity index (χ1v) is 6.49. The molecule has 0 aromatic heterocycles. The van der Waals surface area contributed by atoms with Gasteiger partial charge in [0.15, 0.2) is 9.84 Å². The molecule has 0 heterocycles. The Morgan fingerprint density at radius 3 is 2.46 bits per heavy atom. The van der Waals surface area contributed by atoms with Crippen LogP contribution in [0.2, 0.25) is 0 Å². The highest BCUT2D eigenvalue weighted by molar-refractivity contribution is 7.90. The summed E-state index contributed by atoms with van der Waals surface area (Å²) in [5.74, 6) is -0.149. The van der Waals surface area contributed by atoms with Crippen molar-refractivity contribution in [1.82, 2.24) is 0 Å². The first-order chi connectivity index (χ1) is 5.97. The van der Waals surface area contributed by atoms with Gasteiger partial charge in [0.1, 0.15) is 5.94 Å². The molecule has 1 aliphatic carbocycles. The maximum atomic E-state index is 10.8. The van der Waals surface area contributed by atoms with Crippen molar-refractivity contribution < 1.29 is 13.2 Å². The monoisotopic (exact) mass is 204 g/mol. The number of allylic oxidation sites excluding steroid dienone is 1. The predicted octanol–water partition coefficient (Wildman–Crippen LogP) is 1.50. The molecule has 0 aromatic rings. The summed E-state index contributed by atoms with van der Waals surface area (Å²) in [6, 6.07) is 0. The third-order valence-corrected chi connectivity index (χ3v) is 2.72. The van der Waals surface area contributed by atoms with Crippen LogP contribution in [-0.2, 0) is 14.6 Å². The van der Waals surface area contributed by atoms with Gasteiger partial charge in [-0.2, -0.15) is 0 Å². The molecule has 0 spiro atoms. The van der Waals surface area contributed by atoms with Crippen LogP contribution in [0.3, 0.4) is 0 Å². The summed E-state index contributed by atoms with van der Waals surface area (Å²) in [5.41, 5.74) is 1.25. The molecule has 0 aliphatic heterocycles. The van der Waals surface area contributed by atoms with Crippen molar-refractivity contribution in [3.8, 4) is 0 Å². The van der Waals surface area contributed by atoms with Crippen molar-refractivity contribution in [2.24, 2.45) is 0 Å². The van der Waals surface area contributed by atoms with Crippen molar-refractivity contribution in [3.63, 3.8) is 0 Å². The van der Waals surface area contributed by atoms with Crippen LogP contribution in [0.25, 0.3) is 0 Å². The van der Waals surface area contributed by atoms with Gasteiger partial charge in [-0.1, -0.05) is 12.2 Å². The molecule has 3 nitrogen and oxygen atoms in total. The lowest BCUT2D eigenvalue weighted by atomic mass is 9.94. The Balaban J connectivity index is 2.27. The third-order valence-electron chi connectivity index (χ3n) is 2.16. The van der Waals surface area contributed by atoms with Gasteiger partial charge in [0.2, 0.25) is 0 Å². The molecule has 13 heavy (non-hydrogen) atoms. The molecule has 0 aromatic carbocycles. The molecule has 0 amide bonds. The normalized spacial score (nSPS) is 20.5. The number of hydrogen-bond acceptors (Lipinski definition) is 3. The molecular weight excluding hydrogens is 188 g/mol. The second kappa shape index (κ2) is 4.24. The molecule has 0 unspecified atom stereocenters. The minimum absolute atomic E-state index is 0.111. The van der Waals surface area contributed by atoms with Crippen LogP contribution < -0.4 is 0 Å². The Kier molecular flexibility index (Phi) is 3.50. The summed E-state index contributed by atoms with van der Waals surface area (Å²) in [5, 5.41) is 0. The van der Waals surface area contributed by atoms with Gasteiger partial charge < -0.3 is 4.74 Å². The molecule has 1 saturated carbocycles. The second-order valence-electron chi connectivity index (χ2n) is 3.66. The van der Waals surface area contributed by atoms with Gasteiger partial charge in [-0.25, -0.2) is 8.42 Å². The average Bonchev–Trinajstić information content (AvgIpc) is 2.02. The van der Waals surface area contributed by atoms with Gasteiger partial charge in [0.25, 0.3) is 0 Å². The molecule has 76 valence electrons. The highest BCUT2D eigenvalue weighted by Crippen LogP contribution is 2.24. The zero-order valence-corrected chi connectivity index (χ0v) is 8.77. The van der Waals surface area contributed by atoms with Gasteiger partial charge in [0.05, 0.1) is 6.10 Å². The van der Waals surface area contributed by atoms with E-state index in [2.05, 4.69) is 6.58 Å². The van der Waals surface area contributed by atoms with Crippen molar-refractivity contribution in [2.75, 3.05) is 12.2 Å². The lowest BCUT2D eigenvalue weighted by Crippen LogP contribution is -2.21. The standard InChI is InChI=1S/C9H16O3S/c1-8-3-5-9(6-4-8)12-7-13(2,10)11/h9H,1,3-7H2,2H3. The first kappa shape index (κ1) is 10.7. The van der Waals surface area contributed by atoms with Crippen LogP contribution in [0.15, 0.2) is 12.2 Å². The number of hydrogen-bond donors (Lipinski definition) is 0. The predicted molar refractivity (Wildman–Crippen MR) is 52.2 cm³/mol. The van der Waals surface area contributed by atoms with Crippen LogP contribution in [0.5, 0.6) is 0 Å². The van der Waals surface area contributed by atoms with E-state index in [-0.39, 0.29) is 12.0 Å². The maximum absolute atomic E-state index is 10.8. The summed E-state index contributed by atoms with van der Waals surface area (Å²) in [4.78, 5) is 0. The Bertz CT molecular complexity index is 269. The fourth-order valence-electron chi connectivity index (χ4n) is 1.39. The number of rotatable bonds is 3. The van der Waals surface area contributed by atoms with E-state index < -0.39 is 9.84 Å². The molecule has 4 heteroatoms. The zero-order valence-electron chi connectivity index (χ0n) is 7.95. The van der Waals surface area contributed by atoms with E-state index in [1.54, 1.807) is 0 Å². The lowest BCUT2D eigenvalue weighted by Gasteiger charge is -2.22. The Morgan fingerprint density at radius 2 is 2.00 bits per heavy atom. The van der Waals surface area contributed by atoms with Gasteiger partial charge in [0, 0.05) is 6.26 Å². The lowest BCUT2D eigenvalue weighted by molar-refractivity contribution is 0.0656. The fraction of sp³-hybridized carbons (Fsp3) is 0.778. The van der Waals surface area contributed by atoms with E-state index in [4.69, 9.17) is 4.74 Å². The summed E-state index contributed by atoms with van der Waals surface area (Å²) < 4.78 is 26.9. The summed E-state index contributed by atoms with van der Waals surface area (Å²) in [6.45, 7) is 3.88.